The second kappa shape index (κ2) is 4.06. The van der Waals surface area contributed by atoms with Gasteiger partial charge >= 0.3 is 5.88 Å². The Morgan fingerprint density at radius 2 is 2.29 bits per heavy atom. The van der Waals surface area contributed by atoms with Gasteiger partial charge < -0.3 is 4.42 Å². The third-order valence-electron chi connectivity index (χ3n) is 1.40. The highest BCUT2D eigenvalue weighted by Gasteiger charge is 2.11. The van der Waals surface area contributed by atoms with Crippen LogP contribution in [0.3, 0.4) is 0 Å². The lowest BCUT2D eigenvalue weighted by Gasteiger charge is -1.88. The van der Waals surface area contributed by atoms with Crippen LogP contribution >= 0.6 is 11.6 Å². The maximum atomic E-state index is 10.7. The average molecular weight is 216 g/mol. The number of carbonyl (C=O) groups is 1. The Morgan fingerprint density at radius 3 is 2.71 bits per heavy atom. The van der Waals surface area contributed by atoms with Crippen LogP contribution in [0.25, 0.3) is 6.08 Å². The number of nitro groups is 1. The smallest absolute Gasteiger partial charge is 0.401 e. The molecule has 0 spiro atoms. The summed E-state index contributed by atoms with van der Waals surface area (Å²) in [7, 11) is 0. The Labute approximate surface area is 84.1 Å². The van der Waals surface area contributed by atoms with Crippen molar-refractivity contribution in [3.05, 3.63) is 33.0 Å². The lowest BCUT2D eigenvalue weighted by Crippen LogP contribution is -1.87. The van der Waals surface area contributed by atoms with Gasteiger partial charge in [-0.3, -0.25) is 14.9 Å². The molecule has 74 valence electrons. The molecule has 0 fully saturated rings. The van der Waals surface area contributed by atoms with E-state index in [0.29, 0.717) is 0 Å². The first-order valence-electron chi connectivity index (χ1n) is 3.63. The third-order valence-corrected chi connectivity index (χ3v) is 1.77. The van der Waals surface area contributed by atoms with Crippen molar-refractivity contribution in [2.24, 2.45) is 0 Å². The Balaban J connectivity index is 2.93. The number of nitrogens with zero attached hydrogens (tertiary/aromatic N) is 1. The van der Waals surface area contributed by atoms with E-state index in [4.69, 9.17) is 16.0 Å². The molecule has 0 aliphatic rings. The van der Waals surface area contributed by atoms with Crippen molar-refractivity contribution < 1.29 is 14.1 Å². The van der Waals surface area contributed by atoms with Crippen LogP contribution < -0.4 is 0 Å². The van der Waals surface area contributed by atoms with Crippen LogP contribution in [0, 0.1) is 10.1 Å². The molecule has 0 unspecified atom stereocenters. The number of carbonyl (C=O) groups excluding carboxylic acids is 1. The van der Waals surface area contributed by atoms with E-state index in [9.17, 15) is 14.9 Å². The van der Waals surface area contributed by atoms with Crippen LogP contribution in [0.4, 0.5) is 5.88 Å². The van der Waals surface area contributed by atoms with E-state index in [1.165, 1.54) is 25.1 Å². The maximum absolute atomic E-state index is 10.7. The molecule has 1 aromatic heterocycles. The van der Waals surface area contributed by atoms with E-state index in [2.05, 4.69) is 0 Å². The number of furan rings is 1. The molecule has 0 atom stereocenters. The fourth-order valence-corrected chi connectivity index (χ4v) is 0.852. The zero-order chi connectivity index (χ0) is 10.7. The lowest BCUT2D eigenvalue weighted by molar-refractivity contribution is -0.402. The number of ketones is 1. The normalized spacial score (nSPS) is 11.4. The highest BCUT2D eigenvalue weighted by molar-refractivity contribution is 6.44. The molecule has 5 nitrogen and oxygen atoms in total. The van der Waals surface area contributed by atoms with Crippen LogP contribution in [0.2, 0.25) is 0 Å². The van der Waals surface area contributed by atoms with Gasteiger partial charge in [-0.25, -0.2) is 0 Å². The number of hydrogen-bond acceptors (Lipinski definition) is 4. The van der Waals surface area contributed by atoms with Crippen molar-refractivity contribution in [3.63, 3.8) is 0 Å². The van der Waals surface area contributed by atoms with Gasteiger partial charge in [-0.2, -0.15) is 0 Å². The van der Waals surface area contributed by atoms with Crippen LogP contribution in [0.5, 0.6) is 0 Å². The molecule has 1 aromatic rings. The van der Waals surface area contributed by atoms with E-state index < -0.39 is 4.92 Å². The fraction of sp³-hybridized carbons (Fsp3) is 0.125. The van der Waals surface area contributed by atoms with E-state index in [0.717, 1.165) is 0 Å². The zero-order valence-corrected chi connectivity index (χ0v) is 7.95. The largest absolute Gasteiger partial charge is 0.433 e. The van der Waals surface area contributed by atoms with Crippen molar-refractivity contribution in [2.75, 3.05) is 0 Å². The first kappa shape index (κ1) is 10.5. The first-order chi connectivity index (χ1) is 6.50. The fourth-order valence-electron chi connectivity index (χ4n) is 0.744. The van der Waals surface area contributed by atoms with Crippen LogP contribution in [0.1, 0.15) is 12.7 Å². The van der Waals surface area contributed by atoms with Gasteiger partial charge in [0.1, 0.15) is 10.7 Å². The van der Waals surface area contributed by atoms with Crippen LogP contribution in [0.15, 0.2) is 21.6 Å². The van der Waals surface area contributed by atoms with E-state index in [1.54, 1.807) is 0 Å². The van der Waals surface area contributed by atoms with Crippen molar-refractivity contribution in [1.82, 2.24) is 0 Å². The molecule has 0 aromatic carbocycles. The van der Waals surface area contributed by atoms with E-state index >= 15 is 0 Å². The van der Waals surface area contributed by atoms with Crippen molar-refractivity contribution in [2.45, 2.75) is 6.92 Å². The van der Waals surface area contributed by atoms with Crippen molar-refractivity contribution in [1.29, 1.82) is 0 Å². The van der Waals surface area contributed by atoms with Gasteiger partial charge in [0.15, 0.2) is 5.78 Å². The molecule has 1 rings (SSSR count). The SMILES string of the molecule is CC(=O)/C(Cl)=C/c1ccc([N+](=O)[O-])o1. The van der Waals surface area contributed by atoms with Crippen molar-refractivity contribution in [3.8, 4) is 0 Å². The Hall–Kier alpha value is -1.62. The summed E-state index contributed by atoms with van der Waals surface area (Å²) >= 11 is 5.52. The molecule has 0 aliphatic carbocycles. The highest BCUT2D eigenvalue weighted by atomic mass is 35.5. The number of Topliss-reactive ketones (excluding diaryl/α,β-unsaturated/α-hetero) is 1. The predicted octanol–water partition coefficient (Wildman–Crippen LogP) is 2.36. The van der Waals surface area contributed by atoms with Gasteiger partial charge in [0.25, 0.3) is 0 Å². The van der Waals surface area contributed by atoms with Crippen molar-refractivity contribution >= 4 is 29.3 Å². The highest BCUT2D eigenvalue weighted by Crippen LogP contribution is 2.19. The number of rotatable bonds is 3. The lowest BCUT2D eigenvalue weighted by atomic mass is 10.3. The first-order valence-corrected chi connectivity index (χ1v) is 4.01. The minimum Gasteiger partial charge on any atom is -0.401 e. The monoisotopic (exact) mass is 215 g/mol. The zero-order valence-electron chi connectivity index (χ0n) is 7.19. The summed E-state index contributed by atoms with van der Waals surface area (Å²) in [6.07, 6.45) is 1.23. The molecule has 6 heteroatoms. The minimum atomic E-state index is -0.668. The maximum Gasteiger partial charge on any atom is 0.433 e. The topological polar surface area (TPSA) is 73.3 Å². The number of halogens is 1. The molecule has 0 bridgehead atoms. The molecule has 0 N–H and O–H groups in total. The van der Waals surface area contributed by atoms with Gasteiger partial charge in [0, 0.05) is 13.0 Å². The molecular weight excluding hydrogens is 210 g/mol. The number of hydrogen-bond donors (Lipinski definition) is 0. The van der Waals surface area contributed by atoms with Gasteiger partial charge in [0.2, 0.25) is 0 Å². The molecule has 0 saturated carbocycles. The summed E-state index contributed by atoms with van der Waals surface area (Å²) in [5.74, 6) is -0.535. The molecule has 0 saturated heterocycles. The molecular formula is C8H6ClNO4. The van der Waals surface area contributed by atoms with E-state index in [1.807, 2.05) is 0 Å². The standard InChI is InChI=1S/C8H6ClNO4/c1-5(11)7(9)4-6-2-3-8(14-6)10(12)13/h2-4H,1H3/b7-4-. The number of allylic oxidation sites excluding steroid dienone is 1. The summed E-state index contributed by atoms with van der Waals surface area (Å²) in [6.45, 7) is 1.29. The molecule has 0 aliphatic heterocycles. The summed E-state index contributed by atoms with van der Waals surface area (Å²) in [6, 6.07) is 2.56. The molecule has 14 heavy (non-hydrogen) atoms. The second-order valence-electron chi connectivity index (χ2n) is 2.48. The molecule has 0 radical (unpaired) electrons. The van der Waals surface area contributed by atoms with Crippen LogP contribution in [-0.2, 0) is 4.79 Å². The van der Waals surface area contributed by atoms with Gasteiger partial charge in [-0.1, -0.05) is 11.6 Å². The Bertz CT molecular complexity index is 407. The summed E-state index contributed by atoms with van der Waals surface area (Å²) in [5.41, 5.74) is 0. The molecule has 0 amide bonds. The Kier molecular flexibility index (Phi) is 3.03. The third kappa shape index (κ3) is 2.43. The average Bonchev–Trinajstić information content (AvgIpc) is 2.52. The second-order valence-corrected chi connectivity index (χ2v) is 2.89. The predicted molar refractivity (Wildman–Crippen MR) is 49.9 cm³/mol. The van der Waals surface area contributed by atoms with Gasteiger partial charge in [0.05, 0.1) is 11.1 Å². The van der Waals surface area contributed by atoms with E-state index in [-0.39, 0.29) is 22.5 Å². The minimum absolute atomic E-state index is 0.0331. The summed E-state index contributed by atoms with van der Waals surface area (Å²) < 4.78 is 4.75. The quantitative estimate of drug-likeness (QED) is 0.441. The summed E-state index contributed by atoms with van der Waals surface area (Å²) in [4.78, 5) is 20.3. The Morgan fingerprint density at radius 1 is 1.64 bits per heavy atom. The summed E-state index contributed by atoms with van der Waals surface area (Å²) in [5, 5.41) is 10.2. The molecule has 1 heterocycles. The van der Waals surface area contributed by atoms with Gasteiger partial charge in [-0.15, -0.1) is 0 Å². The van der Waals surface area contributed by atoms with Gasteiger partial charge in [-0.05, 0) is 6.07 Å². The van der Waals surface area contributed by atoms with Crippen LogP contribution in [-0.4, -0.2) is 10.7 Å².